The van der Waals surface area contributed by atoms with E-state index in [2.05, 4.69) is 20.0 Å². The first-order valence-corrected chi connectivity index (χ1v) is 7.94. The summed E-state index contributed by atoms with van der Waals surface area (Å²) in [7, 11) is 3.92. The van der Waals surface area contributed by atoms with Gasteiger partial charge < -0.3 is 19.2 Å². The molecule has 128 valence electrons. The van der Waals surface area contributed by atoms with Crippen LogP contribution in [0.5, 0.6) is 0 Å². The van der Waals surface area contributed by atoms with E-state index < -0.39 is 0 Å². The molecule has 1 fully saturated rings. The molecule has 0 bridgehead atoms. The van der Waals surface area contributed by atoms with Gasteiger partial charge in [-0.15, -0.1) is 0 Å². The fraction of sp³-hybridized carbons (Fsp3) is 0.500. The molecule has 2 aromatic rings. The highest BCUT2D eigenvalue weighted by Gasteiger charge is 2.26. The van der Waals surface area contributed by atoms with Crippen LogP contribution in [0.1, 0.15) is 21.8 Å². The average molecular weight is 330 g/mol. The third-order valence-corrected chi connectivity index (χ3v) is 4.12. The van der Waals surface area contributed by atoms with Crippen molar-refractivity contribution in [3.8, 4) is 0 Å². The molecule has 1 amide bonds. The Morgan fingerprint density at radius 3 is 2.46 bits per heavy atom. The van der Waals surface area contributed by atoms with Crippen LogP contribution in [0.15, 0.2) is 16.8 Å². The van der Waals surface area contributed by atoms with Crippen LogP contribution in [-0.4, -0.2) is 66.2 Å². The number of rotatable bonds is 3. The van der Waals surface area contributed by atoms with Crippen LogP contribution >= 0.6 is 0 Å². The summed E-state index contributed by atoms with van der Waals surface area (Å²) in [6.07, 6.45) is 1.48. The Kier molecular flexibility index (Phi) is 4.37. The maximum absolute atomic E-state index is 12.5. The van der Waals surface area contributed by atoms with E-state index in [1.54, 1.807) is 6.92 Å². The summed E-state index contributed by atoms with van der Waals surface area (Å²) < 4.78 is 4.98. The normalized spacial score (nSPS) is 14.8. The molecule has 0 aromatic carbocycles. The lowest BCUT2D eigenvalue weighted by atomic mass is 10.2. The maximum Gasteiger partial charge on any atom is 0.259 e. The van der Waals surface area contributed by atoms with Crippen LogP contribution in [0.25, 0.3) is 0 Å². The van der Waals surface area contributed by atoms with Gasteiger partial charge in [-0.3, -0.25) is 4.79 Å². The van der Waals surface area contributed by atoms with E-state index in [1.807, 2.05) is 36.9 Å². The van der Waals surface area contributed by atoms with Gasteiger partial charge in [0, 0.05) is 52.0 Å². The molecule has 0 radical (unpaired) electrons. The molecule has 1 aliphatic heterocycles. The minimum absolute atomic E-state index is 0.0347. The molecule has 1 aliphatic rings. The van der Waals surface area contributed by atoms with Crippen molar-refractivity contribution in [1.29, 1.82) is 0 Å². The molecule has 3 heterocycles. The van der Waals surface area contributed by atoms with Gasteiger partial charge >= 0.3 is 0 Å². The molecule has 0 spiro atoms. The highest BCUT2D eigenvalue weighted by molar-refractivity contribution is 5.94. The molecule has 0 saturated carbocycles. The Balaban J connectivity index is 1.69. The van der Waals surface area contributed by atoms with E-state index >= 15 is 0 Å². The number of anilines is 2. The number of hydrogen-bond donors (Lipinski definition) is 0. The smallest absolute Gasteiger partial charge is 0.259 e. The SMILES string of the molecule is Cc1cc(N(C)C)nc(N2CCN(C(=O)c3cnoc3C)CC2)n1. The van der Waals surface area contributed by atoms with Gasteiger partial charge in [0.25, 0.3) is 5.91 Å². The van der Waals surface area contributed by atoms with Crippen LogP contribution in [0, 0.1) is 13.8 Å². The van der Waals surface area contributed by atoms with Crippen molar-refractivity contribution in [2.45, 2.75) is 13.8 Å². The second-order valence-corrected chi connectivity index (χ2v) is 6.14. The van der Waals surface area contributed by atoms with Crippen molar-refractivity contribution in [3.05, 3.63) is 29.3 Å². The first-order chi connectivity index (χ1) is 11.5. The lowest BCUT2D eigenvalue weighted by molar-refractivity contribution is 0.0744. The summed E-state index contributed by atoms with van der Waals surface area (Å²) in [6.45, 7) is 6.36. The van der Waals surface area contributed by atoms with Gasteiger partial charge in [-0.25, -0.2) is 4.98 Å². The Morgan fingerprint density at radius 1 is 1.17 bits per heavy atom. The van der Waals surface area contributed by atoms with Crippen molar-refractivity contribution in [2.24, 2.45) is 0 Å². The monoisotopic (exact) mass is 330 g/mol. The van der Waals surface area contributed by atoms with Gasteiger partial charge in [0.15, 0.2) is 0 Å². The van der Waals surface area contributed by atoms with Gasteiger partial charge in [-0.1, -0.05) is 5.16 Å². The molecule has 0 N–H and O–H groups in total. The summed E-state index contributed by atoms with van der Waals surface area (Å²) in [5.74, 6) is 2.12. The van der Waals surface area contributed by atoms with Crippen molar-refractivity contribution in [1.82, 2.24) is 20.0 Å². The minimum Gasteiger partial charge on any atom is -0.363 e. The van der Waals surface area contributed by atoms with Crippen molar-refractivity contribution < 1.29 is 9.32 Å². The summed E-state index contributed by atoms with van der Waals surface area (Å²) in [4.78, 5) is 27.5. The van der Waals surface area contributed by atoms with Crippen LogP contribution < -0.4 is 9.80 Å². The number of piperazine rings is 1. The summed E-state index contributed by atoms with van der Waals surface area (Å²) in [5.41, 5.74) is 1.47. The van der Waals surface area contributed by atoms with Gasteiger partial charge in [-0.2, -0.15) is 4.98 Å². The third kappa shape index (κ3) is 3.17. The quantitative estimate of drug-likeness (QED) is 0.834. The molecule has 0 atom stereocenters. The number of carbonyl (C=O) groups is 1. The van der Waals surface area contributed by atoms with Crippen molar-refractivity contribution in [2.75, 3.05) is 50.1 Å². The molecule has 2 aromatic heterocycles. The Labute approximate surface area is 141 Å². The summed E-state index contributed by atoms with van der Waals surface area (Å²) in [6, 6.07) is 1.96. The summed E-state index contributed by atoms with van der Waals surface area (Å²) >= 11 is 0. The molecule has 24 heavy (non-hydrogen) atoms. The van der Waals surface area contributed by atoms with Crippen LogP contribution in [0.3, 0.4) is 0 Å². The number of hydrogen-bond acceptors (Lipinski definition) is 7. The molecule has 0 unspecified atom stereocenters. The zero-order valence-corrected chi connectivity index (χ0v) is 14.5. The zero-order chi connectivity index (χ0) is 17.3. The maximum atomic E-state index is 12.5. The Bertz CT molecular complexity index is 734. The fourth-order valence-electron chi connectivity index (χ4n) is 2.69. The first kappa shape index (κ1) is 16.2. The number of aromatic nitrogens is 3. The van der Waals surface area contributed by atoms with Gasteiger partial charge in [0.1, 0.15) is 17.1 Å². The highest BCUT2D eigenvalue weighted by atomic mass is 16.5. The molecular formula is C16H22N6O2. The van der Waals surface area contributed by atoms with Gasteiger partial charge in [-0.05, 0) is 13.8 Å². The lowest BCUT2D eigenvalue weighted by Crippen LogP contribution is -2.49. The predicted molar refractivity (Wildman–Crippen MR) is 90.5 cm³/mol. The number of amides is 1. The average Bonchev–Trinajstić information content (AvgIpc) is 2.99. The molecular weight excluding hydrogens is 308 g/mol. The van der Waals surface area contributed by atoms with Gasteiger partial charge in [0.2, 0.25) is 5.95 Å². The molecule has 0 aliphatic carbocycles. The standard InChI is InChI=1S/C16H22N6O2/c1-11-9-14(20(3)4)19-16(18-11)22-7-5-21(6-8-22)15(23)13-10-17-24-12(13)2/h9-10H,5-8H2,1-4H3. The fourth-order valence-corrected chi connectivity index (χ4v) is 2.69. The molecule has 8 nitrogen and oxygen atoms in total. The van der Waals surface area contributed by atoms with Crippen LogP contribution in [0.2, 0.25) is 0 Å². The minimum atomic E-state index is -0.0347. The van der Waals surface area contributed by atoms with E-state index in [0.29, 0.717) is 43.5 Å². The molecule has 3 rings (SSSR count). The zero-order valence-electron chi connectivity index (χ0n) is 14.5. The topological polar surface area (TPSA) is 78.6 Å². The van der Waals surface area contributed by atoms with Crippen molar-refractivity contribution in [3.63, 3.8) is 0 Å². The third-order valence-electron chi connectivity index (χ3n) is 4.12. The molecule has 1 saturated heterocycles. The Hall–Kier alpha value is -2.64. The highest BCUT2D eigenvalue weighted by Crippen LogP contribution is 2.18. The number of aryl methyl sites for hydroxylation is 2. The molecule has 8 heteroatoms. The van der Waals surface area contributed by atoms with E-state index in [1.165, 1.54) is 6.20 Å². The predicted octanol–water partition coefficient (Wildman–Crippen LogP) is 1.11. The van der Waals surface area contributed by atoms with Gasteiger partial charge in [0.05, 0.1) is 6.20 Å². The Morgan fingerprint density at radius 2 is 1.88 bits per heavy atom. The second kappa shape index (κ2) is 6.46. The van der Waals surface area contributed by atoms with E-state index in [4.69, 9.17) is 4.52 Å². The van der Waals surface area contributed by atoms with E-state index in [0.717, 1.165) is 11.5 Å². The lowest BCUT2D eigenvalue weighted by Gasteiger charge is -2.35. The second-order valence-electron chi connectivity index (χ2n) is 6.14. The number of nitrogens with zero attached hydrogens (tertiary/aromatic N) is 6. The van der Waals surface area contributed by atoms with Crippen LogP contribution in [0.4, 0.5) is 11.8 Å². The van der Waals surface area contributed by atoms with E-state index in [9.17, 15) is 4.79 Å². The van der Waals surface area contributed by atoms with Crippen molar-refractivity contribution >= 4 is 17.7 Å². The van der Waals surface area contributed by atoms with E-state index in [-0.39, 0.29) is 5.91 Å². The van der Waals surface area contributed by atoms with Crippen LogP contribution in [-0.2, 0) is 0 Å². The largest absolute Gasteiger partial charge is 0.363 e. The first-order valence-electron chi connectivity index (χ1n) is 7.94. The summed E-state index contributed by atoms with van der Waals surface area (Å²) in [5, 5.41) is 3.68. The number of carbonyl (C=O) groups excluding carboxylic acids is 1.